The second kappa shape index (κ2) is 15.9. The molecule has 4 N–H and O–H groups in total. The number of allylic oxidation sites excluding steroid dienone is 2. The number of carbonyl (C=O) groups excluding carboxylic acids is 2. The number of carboxylic acid groups (broad SMARTS) is 1. The number of ether oxygens (including phenoxy) is 1. The maximum Gasteiger partial charge on any atom is 0.303 e. The minimum atomic E-state index is -0.864. The molecule has 0 unspecified atom stereocenters. The highest BCUT2D eigenvalue weighted by molar-refractivity contribution is 14.1. The van der Waals surface area contributed by atoms with Crippen LogP contribution in [0.25, 0.3) is 6.08 Å². The summed E-state index contributed by atoms with van der Waals surface area (Å²) in [5.74, 6) is -2.75. The number of amides is 2. The molecule has 0 radical (unpaired) electrons. The molecule has 0 bridgehead atoms. The maximum atomic E-state index is 13.5. The number of aliphatic carboxylic acids is 1. The molecular weight excluding hydrogens is 653 g/mol. The fraction of sp³-hybridized carbons (Fsp3) is 0.594. The van der Waals surface area contributed by atoms with Crippen LogP contribution in [0.4, 0.5) is 0 Å². The van der Waals surface area contributed by atoms with Crippen molar-refractivity contribution in [1.29, 1.82) is 0 Å². The Bertz CT molecular complexity index is 1210. The van der Waals surface area contributed by atoms with Gasteiger partial charge in [0.15, 0.2) is 11.5 Å². The van der Waals surface area contributed by atoms with Crippen LogP contribution >= 0.6 is 22.6 Å². The van der Waals surface area contributed by atoms with Crippen LogP contribution in [0.2, 0.25) is 0 Å². The number of phenolic OH excluding ortho intramolecular Hbond substituents is 1. The third-order valence-electron chi connectivity index (χ3n) is 8.48. The highest BCUT2D eigenvalue weighted by Crippen LogP contribution is 2.47. The number of carbonyl (C=O) groups is 3. The Labute approximate surface area is 261 Å². The van der Waals surface area contributed by atoms with Crippen molar-refractivity contribution in [1.82, 2.24) is 4.90 Å². The second-order valence-electron chi connectivity index (χ2n) is 11.2. The van der Waals surface area contributed by atoms with Gasteiger partial charge in [-0.05, 0) is 90.8 Å². The number of aliphatic hydroxyl groups is 2. The van der Waals surface area contributed by atoms with Crippen LogP contribution in [0.15, 0.2) is 28.9 Å². The molecule has 1 heterocycles. The number of hydrogen-bond acceptors (Lipinski definition) is 7. The van der Waals surface area contributed by atoms with Gasteiger partial charge >= 0.3 is 5.97 Å². The Morgan fingerprint density at radius 2 is 1.88 bits per heavy atom. The fourth-order valence-corrected chi connectivity index (χ4v) is 7.07. The van der Waals surface area contributed by atoms with E-state index in [1.165, 1.54) is 12.0 Å². The van der Waals surface area contributed by atoms with Crippen LogP contribution in [-0.2, 0) is 14.4 Å². The van der Waals surface area contributed by atoms with Crippen molar-refractivity contribution in [2.75, 3.05) is 20.3 Å². The van der Waals surface area contributed by atoms with Crippen molar-refractivity contribution < 1.29 is 39.5 Å². The average Bonchev–Trinajstić information content (AvgIpc) is 3.20. The number of phenols is 1. The zero-order valence-corrected chi connectivity index (χ0v) is 26.9. The lowest BCUT2D eigenvalue weighted by molar-refractivity contribution is -0.141. The molecule has 0 aromatic heterocycles. The number of imide groups is 1. The molecule has 232 valence electrons. The van der Waals surface area contributed by atoms with E-state index in [0.717, 1.165) is 29.6 Å². The number of carboxylic acids is 1. The van der Waals surface area contributed by atoms with Crippen LogP contribution < -0.4 is 4.74 Å². The normalized spacial score (nSPS) is 21.6. The number of likely N-dealkylation sites (tertiary alicyclic amines) is 1. The topological polar surface area (TPSA) is 145 Å². The van der Waals surface area contributed by atoms with Crippen molar-refractivity contribution in [3.63, 3.8) is 0 Å². The molecule has 0 saturated carbocycles. The molecule has 1 aliphatic heterocycles. The summed E-state index contributed by atoms with van der Waals surface area (Å²) in [6.07, 6.45) is 6.68. The van der Waals surface area contributed by atoms with Gasteiger partial charge in [0, 0.05) is 18.9 Å². The van der Waals surface area contributed by atoms with Gasteiger partial charge in [0.05, 0.1) is 35.2 Å². The van der Waals surface area contributed by atoms with E-state index in [2.05, 4.69) is 35.6 Å². The standard InChI is InChI=1S/C32H44INO8/c1-4-9-19(14-20-15-24(33)30(39)26(16-20)42-3)11-12-25(36)28-21(5-2)17-22-29(23(28)18-35)32(41)34(31(22)40)13-8-6-7-10-27(37)38/h14-16,22-23,25,29,35-36,39H,4-13,17-18H2,1-3H3,(H,37,38)/b19-14+/t22-,23+,25-,29-/m1/s1. The molecule has 1 saturated heterocycles. The first-order valence-corrected chi connectivity index (χ1v) is 16.0. The van der Waals surface area contributed by atoms with Gasteiger partial charge in [0.25, 0.3) is 0 Å². The van der Waals surface area contributed by atoms with Gasteiger partial charge in [-0.3, -0.25) is 19.3 Å². The van der Waals surface area contributed by atoms with Crippen LogP contribution in [0.3, 0.4) is 0 Å². The number of fused-ring (bicyclic) bond motifs is 1. The van der Waals surface area contributed by atoms with Crippen molar-refractivity contribution in [3.05, 3.63) is 38.0 Å². The number of unbranched alkanes of at least 4 members (excludes halogenated alkanes) is 2. The predicted molar refractivity (Wildman–Crippen MR) is 168 cm³/mol. The van der Waals surface area contributed by atoms with E-state index < -0.39 is 29.8 Å². The molecule has 2 amide bonds. The minimum absolute atomic E-state index is 0.0579. The lowest BCUT2D eigenvalue weighted by atomic mass is 9.67. The van der Waals surface area contributed by atoms with E-state index in [9.17, 15) is 29.7 Å². The van der Waals surface area contributed by atoms with E-state index in [0.29, 0.717) is 59.8 Å². The molecule has 42 heavy (non-hydrogen) atoms. The SMILES string of the molecule is CCC/C(=C\c1cc(I)c(O)c(OC)c1)CC[C@@H](O)C1=C(CC)C[C@H]2C(=O)N(CCCCCC(=O)O)C(=O)[C@H]2[C@H]1CO. The van der Waals surface area contributed by atoms with Crippen molar-refractivity contribution in [2.24, 2.45) is 17.8 Å². The Kier molecular flexibility index (Phi) is 12.9. The molecule has 10 heteroatoms. The van der Waals surface area contributed by atoms with Gasteiger partial charge in [-0.25, -0.2) is 0 Å². The molecule has 3 rings (SSSR count). The van der Waals surface area contributed by atoms with Crippen LogP contribution in [0, 0.1) is 21.3 Å². The molecule has 1 aromatic carbocycles. The summed E-state index contributed by atoms with van der Waals surface area (Å²) in [6, 6.07) is 3.66. The van der Waals surface area contributed by atoms with Crippen molar-refractivity contribution in [2.45, 2.75) is 84.2 Å². The third kappa shape index (κ3) is 7.93. The predicted octanol–water partition coefficient (Wildman–Crippen LogP) is 5.30. The van der Waals surface area contributed by atoms with Gasteiger partial charge in [0.2, 0.25) is 11.8 Å². The number of hydrogen-bond donors (Lipinski definition) is 4. The Hall–Kier alpha value is -2.44. The Balaban J connectivity index is 1.77. The summed E-state index contributed by atoms with van der Waals surface area (Å²) in [5.41, 5.74) is 3.66. The lowest BCUT2D eigenvalue weighted by Gasteiger charge is -2.36. The first-order chi connectivity index (χ1) is 20.1. The zero-order valence-electron chi connectivity index (χ0n) is 24.8. The fourth-order valence-electron chi connectivity index (χ4n) is 6.44. The number of aliphatic hydroxyl groups excluding tert-OH is 2. The van der Waals surface area contributed by atoms with E-state index >= 15 is 0 Å². The molecule has 0 spiro atoms. The number of benzene rings is 1. The maximum absolute atomic E-state index is 13.5. The van der Waals surface area contributed by atoms with E-state index in [4.69, 9.17) is 9.84 Å². The lowest BCUT2D eigenvalue weighted by Crippen LogP contribution is -2.39. The molecule has 1 aromatic rings. The van der Waals surface area contributed by atoms with E-state index in [1.54, 1.807) is 6.07 Å². The number of halogens is 1. The monoisotopic (exact) mass is 697 g/mol. The number of methoxy groups -OCH3 is 1. The number of rotatable bonds is 16. The van der Waals surface area contributed by atoms with Crippen LogP contribution in [-0.4, -0.2) is 69.5 Å². The summed E-state index contributed by atoms with van der Waals surface area (Å²) in [4.78, 5) is 38.8. The van der Waals surface area contributed by atoms with E-state index in [-0.39, 0.29) is 37.1 Å². The molecule has 1 fully saturated rings. The van der Waals surface area contributed by atoms with Gasteiger partial charge in [0.1, 0.15) is 0 Å². The van der Waals surface area contributed by atoms with E-state index in [1.807, 2.05) is 13.0 Å². The zero-order chi connectivity index (χ0) is 31.0. The van der Waals surface area contributed by atoms with Crippen LogP contribution in [0.5, 0.6) is 11.5 Å². The highest BCUT2D eigenvalue weighted by atomic mass is 127. The number of nitrogens with zero attached hydrogens (tertiary/aromatic N) is 1. The van der Waals surface area contributed by atoms with Gasteiger partial charge < -0.3 is 25.2 Å². The van der Waals surface area contributed by atoms with Crippen molar-refractivity contribution >= 4 is 46.5 Å². The summed E-state index contributed by atoms with van der Waals surface area (Å²) < 4.78 is 5.98. The second-order valence-corrected chi connectivity index (χ2v) is 12.4. The molecule has 2 aliphatic rings. The third-order valence-corrected chi connectivity index (χ3v) is 9.30. The first-order valence-electron chi connectivity index (χ1n) is 14.9. The molecular formula is C32H44INO8. The quantitative estimate of drug-likeness (QED) is 0.0790. The summed E-state index contributed by atoms with van der Waals surface area (Å²) in [7, 11) is 1.51. The summed E-state index contributed by atoms with van der Waals surface area (Å²) >= 11 is 2.07. The van der Waals surface area contributed by atoms with Crippen molar-refractivity contribution in [3.8, 4) is 11.5 Å². The highest BCUT2D eigenvalue weighted by Gasteiger charge is 2.54. The minimum Gasteiger partial charge on any atom is -0.504 e. The average molecular weight is 698 g/mol. The number of aromatic hydroxyl groups is 1. The molecule has 1 aliphatic carbocycles. The molecule has 4 atom stereocenters. The molecule has 9 nitrogen and oxygen atoms in total. The summed E-state index contributed by atoms with van der Waals surface area (Å²) in [5, 5.41) is 41.0. The smallest absolute Gasteiger partial charge is 0.303 e. The summed E-state index contributed by atoms with van der Waals surface area (Å²) in [6.45, 7) is 3.98. The Morgan fingerprint density at radius 1 is 1.14 bits per heavy atom. The van der Waals surface area contributed by atoms with Gasteiger partial charge in [-0.15, -0.1) is 0 Å². The largest absolute Gasteiger partial charge is 0.504 e. The van der Waals surface area contributed by atoms with Crippen LogP contribution in [0.1, 0.15) is 83.6 Å². The Morgan fingerprint density at radius 3 is 2.50 bits per heavy atom. The van der Waals surface area contributed by atoms with Gasteiger partial charge in [-0.2, -0.15) is 0 Å². The van der Waals surface area contributed by atoms with Gasteiger partial charge in [-0.1, -0.05) is 43.9 Å². The first kappa shape index (κ1) is 34.1.